The van der Waals surface area contributed by atoms with Gasteiger partial charge in [-0.2, -0.15) is 0 Å². The molecule has 0 aliphatic heterocycles. The first-order valence-electron chi connectivity index (χ1n) is 1.90. The molecule has 0 spiro atoms. The number of ether oxygens (including phenoxy) is 1. The largest absolute Gasteiger partial charge is 0.466 e. The normalized spacial score (nSPS) is 7.67. The van der Waals surface area contributed by atoms with Crippen molar-refractivity contribution in [1.82, 2.24) is 0 Å². The SMILES string of the molecule is C[10CH2]OC(C)=O. The number of rotatable bonds is 1. The predicted molar refractivity (Wildman–Crippen MR) is 22.3 cm³/mol. The zero-order valence-corrected chi connectivity index (χ0v) is 4.02. The van der Waals surface area contributed by atoms with Crippen molar-refractivity contribution in [2.45, 2.75) is 13.8 Å². The molecule has 0 bridgehead atoms. The lowest BCUT2D eigenvalue weighted by molar-refractivity contribution is -0.140. The number of hydrogen-bond acceptors (Lipinski definition) is 2. The lowest BCUT2D eigenvalue weighted by atomic mass is 9.46. The van der Waals surface area contributed by atoms with Crippen LogP contribution in [0, 0.1) is 0 Å². The molecule has 0 aromatic heterocycles. The molecule has 36 valence electrons. The summed E-state index contributed by atoms with van der Waals surface area (Å²) in [7, 11) is 0. The van der Waals surface area contributed by atoms with Gasteiger partial charge >= 0.3 is 5.97 Å². The quantitative estimate of drug-likeness (QED) is 0.436. The van der Waals surface area contributed by atoms with E-state index in [2.05, 4.69) is 4.74 Å². The zero-order chi connectivity index (χ0) is 4.99. The van der Waals surface area contributed by atoms with Crippen LogP contribution in [-0.4, -0.2) is 12.6 Å². The van der Waals surface area contributed by atoms with Gasteiger partial charge in [-0.3, -0.25) is 4.79 Å². The van der Waals surface area contributed by atoms with Crippen molar-refractivity contribution in [2.24, 2.45) is 0 Å². The lowest BCUT2D eigenvalue weighted by Crippen LogP contribution is -1.95. The van der Waals surface area contributed by atoms with E-state index in [9.17, 15) is 4.79 Å². The Morgan fingerprint density at radius 3 is 2.33 bits per heavy atom. The number of carbonyl (C=O) groups is 1. The molecule has 6 heavy (non-hydrogen) atoms. The average Bonchev–Trinajstić information content (AvgIpc) is 1.35. The Kier molecular flexibility index (Phi) is 2.46. The third-order valence-corrected chi connectivity index (χ3v) is 0.348. The van der Waals surface area contributed by atoms with Gasteiger partial charge in [-0.15, -0.1) is 0 Å². The molecular weight excluding hydrogens is 78.0 g/mol. The van der Waals surface area contributed by atoms with Crippen molar-refractivity contribution in [2.75, 3.05) is 6.61 Å². The minimum Gasteiger partial charge on any atom is -0.466 e. The molecule has 0 aromatic rings. The molecule has 0 saturated carbocycles. The van der Waals surface area contributed by atoms with Crippen molar-refractivity contribution in [3.05, 3.63) is 0 Å². The minimum atomic E-state index is -0.211. The van der Waals surface area contributed by atoms with E-state index in [0.717, 1.165) is 0 Å². The summed E-state index contributed by atoms with van der Waals surface area (Å²) < 4.78 is 4.40. The Morgan fingerprint density at radius 1 is 1.83 bits per heavy atom. The Morgan fingerprint density at radius 2 is 2.33 bits per heavy atom. The highest BCUT2D eigenvalue weighted by Crippen LogP contribution is 1.69. The minimum absolute atomic E-state index is 0.211. The third kappa shape index (κ3) is 3.47. The van der Waals surface area contributed by atoms with Crippen LogP contribution in [0.25, 0.3) is 0 Å². The van der Waals surface area contributed by atoms with Crippen LogP contribution in [-0.2, 0) is 9.53 Å². The Bertz CT molecular complexity index is 49.5. The molecule has 0 atom stereocenters. The van der Waals surface area contributed by atoms with Gasteiger partial charge in [0.2, 0.25) is 0 Å². The van der Waals surface area contributed by atoms with E-state index < -0.39 is 0 Å². The summed E-state index contributed by atoms with van der Waals surface area (Å²) in [5.41, 5.74) is 0. The maximum Gasteiger partial charge on any atom is 0.302 e. The van der Waals surface area contributed by atoms with E-state index in [1.165, 1.54) is 6.92 Å². The smallest absolute Gasteiger partial charge is 0.302 e. The first-order chi connectivity index (χ1) is 2.77. The van der Waals surface area contributed by atoms with Gasteiger partial charge in [0.25, 0.3) is 0 Å². The molecule has 2 nitrogen and oxygen atoms in total. The molecule has 0 heterocycles. The van der Waals surface area contributed by atoms with Crippen LogP contribution in [0.4, 0.5) is 0 Å². The molecule has 0 saturated heterocycles. The highest BCUT2D eigenvalue weighted by atomic mass is 16.5. The zero-order valence-electron chi connectivity index (χ0n) is 4.02. The van der Waals surface area contributed by atoms with E-state index in [-0.39, 0.29) is 5.97 Å². The molecule has 0 fully saturated rings. The third-order valence-electron chi connectivity index (χ3n) is 0.348. The standard InChI is InChI=1S/C4H8O2/c1-3-6-4(2)5/h3H2,1-2H3/i3-2. The van der Waals surface area contributed by atoms with E-state index in [1.54, 1.807) is 6.92 Å². The Hall–Kier alpha value is -0.530. The molecule has 0 aliphatic carbocycles. The van der Waals surface area contributed by atoms with E-state index in [1.807, 2.05) is 0 Å². The first-order valence-corrected chi connectivity index (χ1v) is 1.90. The van der Waals surface area contributed by atoms with Gasteiger partial charge < -0.3 is 4.74 Å². The second-order valence-electron chi connectivity index (χ2n) is 0.925. The highest BCUT2D eigenvalue weighted by molar-refractivity contribution is 5.65. The summed E-state index contributed by atoms with van der Waals surface area (Å²) in [4.78, 5) is 9.82. The van der Waals surface area contributed by atoms with Gasteiger partial charge in [-0.25, -0.2) is 0 Å². The van der Waals surface area contributed by atoms with Gasteiger partial charge in [-0.1, -0.05) is 0 Å². The number of hydrogen-bond donors (Lipinski definition) is 0. The van der Waals surface area contributed by atoms with Crippen LogP contribution >= 0.6 is 0 Å². The second kappa shape index (κ2) is 2.69. The second-order valence-corrected chi connectivity index (χ2v) is 0.925. The van der Waals surface area contributed by atoms with Crippen molar-refractivity contribution in [1.29, 1.82) is 0 Å². The fourth-order valence-corrected chi connectivity index (χ4v) is 0.203. The molecule has 0 unspecified atom stereocenters. The Labute approximate surface area is 37.1 Å². The van der Waals surface area contributed by atoms with Crippen LogP contribution in [0.5, 0.6) is 0 Å². The fourth-order valence-electron chi connectivity index (χ4n) is 0.203. The summed E-state index contributed by atoms with van der Waals surface area (Å²) in [6.45, 7) is 3.65. The number of esters is 1. The van der Waals surface area contributed by atoms with Crippen molar-refractivity contribution in [3.8, 4) is 0 Å². The van der Waals surface area contributed by atoms with Crippen molar-refractivity contribution >= 4 is 5.97 Å². The van der Waals surface area contributed by atoms with Gasteiger partial charge in [0.15, 0.2) is 0 Å². The monoisotopic (exact) mass is 86.1 g/mol. The molecule has 0 aromatic carbocycles. The van der Waals surface area contributed by atoms with Gasteiger partial charge in [0.05, 0.1) is 6.61 Å². The molecule has 0 amide bonds. The van der Waals surface area contributed by atoms with Gasteiger partial charge in [0, 0.05) is 6.92 Å². The van der Waals surface area contributed by atoms with Gasteiger partial charge in [-0.05, 0) is 6.92 Å². The molecule has 0 N–H and O–H groups in total. The van der Waals surface area contributed by atoms with E-state index in [4.69, 9.17) is 0 Å². The van der Waals surface area contributed by atoms with E-state index in [0.29, 0.717) is 6.61 Å². The summed E-state index contributed by atoms with van der Waals surface area (Å²) in [5.74, 6) is -0.211. The first kappa shape index (κ1) is 5.47. The number of carbonyl (C=O) groups excluding carboxylic acids is 1. The van der Waals surface area contributed by atoms with Crippen LogP contribution < -0.4 is 0 Å². The molecule has 0 rings (SSSR count). The summed E-state index contributed by atoms with van der Waals surface area (Å²) in [6, 6.07) is 0. The lowest BCUT2D eigenvalue weighted by Gasteiger charge is -1.89. The van der Waals surface area contributed by atoms with Crippen LogP contribution in [0.3, 0.4) is 0 Å². The molecule has 2 heteroatoms. The molecule has 0 radical (unpaired) electrons. The topological polar surface area (TPSA) is 26.3 Å². The highest BCUT2D eigenvalue weighted by Gasteiger charge is 1.81. The average molecular weight is 86.1 g/mol. The Balaban J connectivity index is 2.83. The molecule has 0 aliphatic rings. The summed E-state index contributed by atoms with van der Waals surface area (Å²) in [5, 5.41) is 0. The van der Waals surface area contributed by atoms with Crippen LogP contribution in [0.15, 0.2) is 0 Å². The van der Waals surface area contributed by atoms with Crippen LogP contribution in [0.2, 0.25) is 0 Å². The van der Waals surface area contributed by atoms with Crippen molar-refractivity contribution in [3.63, 3.8) is 0 Å². The van der Waals surface area contributed by atoms with E-state index >= 15 is 0 Å². The van der Waals surface area contributed by atoms with Crippen LogP contribution in [0.1, 0.15) is 13.8 Å². The molecular formula is C4H8O2. The maximum absolute atomic E-state index is 9.82. The van der Waals surface area contributed by atoms with Gasteiger partial charge in [0.1, 0.15) is 0 Å². The fraction of sp³-hybridized carbons (Fsp3) is 0.750. The predicted octanol–water partition coefficient (Wildman–Crippen LogP) is 0.569. The maximum atomic E-state index is 9.82. The summed E-state index contributed by atoms with van der Waals surface area (Å²) >= 11 is 0. The van der Waals surface area contributed by atoms with Crippen molar-refractivity contribution < 1.29 is 9.53 Å². The summed E-state index contributed by atoms with van der Waals surface area (Å²) in [6.07, 6.45) is 0.